The first-order valence-corrected chi connectivity index (χ1v) is 13.4. The molecule has 1 aliphatic heterocycles. The van der Waals surface area contributed by atoms with E-state index in [1.807, 2.05) is 19.1 Å². The van der Waals surface area contributed by atoms with Crippen LogP contribution >= 0.6 is 11.8 Å². The lowest BCUT2D eigenvalue weighted by molar-refractivity contribution is -0.224. The van der Waals surface area contributed by atoms with Gasteiger partial charge in [-0.1, -0.05) is 29.5 Å². The second kappa shape index (κ2) is 14.8. The Morgan fingerprint density at radius 2 is 1.56 bits per heavy atom. The zero-order valence-electron chi connectivity index (χ0n) is 23.9. The topological polar surface area (TPSA) is 170 Å². The molecule has 226 valence electrons. The molecule has 1 unspecified atom stereocenters. The van der Waals surface area contributed by atoms with E-state index in [0.29, 0.717) is 4.90 Å². The van der Waals surface area contributed by atoms with E-state index in [4.69, 9.17) is 28.4 Å². The molecule has 1 aromatic rings. The van der Waals surface area contributed by atoms with E-state index < -0.39 is 77.8 Å². The highest BCUT2D eigenvalue weighted by atomic mass is 32.2. The number of amides is 1. The minimum atomic E-state index is -1.90. The second-order valence-corrected chi connectivity index (χ2v) is 10.7. The van der Waals surface area contributed by atoms with Gasteiger partial charge in [0.15, 0.2) is 12.2 Å². The zero-order valence-corrected chi connectivity index (χ0v) is 24.7. The van der Waals surface area contributed by atoms with Crippen LogP contribution in [0.5, 0.6) is 0 Å². The second-order valence-electron chi connectivity index (χ2n) is 9.34. The van der Waals surface area contributed by atoms with Crippen LogP contribution in [-0.4, -0.2) is 84.9 Å². The summed E-state index contributed by atoms with van der Waals surface area (Å²) in [5.41, 5.74) is 0.956. The van der Waals surface area contributed by atoms with Gasteiger partial charge in [0.25, 0.3) is 0 Å². The fraction of sp³-hybridized carbons (Fsp3) is 0.556. The monoisotopic (exact) mass is 597 g/mol. The van der Waals surface area contributed by atoms with E-state index in [2.05, 4.69) is 5.32 Å². The van der Waals surface area contributed by atoms with Crippen molar-refractivity contribution in [2.75, 3.05) is 13.7 Å². The van der Waals surface area contributed by atoms with Gasteiger partial charge in [-0.25, -0.2) is 4.79 Å². The summed E-state index contributed by atoms with van der Waals surface area (Å²) in [5, 5.41) is 2.64. The lowest BCUT2D eigenvalue weighted by Gasteiger charge is -2.48. The molecule has 0 saturated carbocycles. The molecule has 2 rings (SSSR count). The first kappa shape index (κ1) is 33.6. The Morgan fingerprint density at radius 1 is 0.951 bits per heavy atom. The molecular weight excluding hydrogens is 562 g/mol. The third kappa shape index (κ3) is 9.74. The van der Waals surface area contributed by atoms with Crippen molar-refractivity contribution in [1.82, 2.24) is 5.32 Å². The van der Waals surface area contributed by atoms with E-state index in [-0.39, 0.29) is 6.42 Å². The number of methoxy groups -OCH3 is 1. The number of hydrogen-bond acceptors (Lipinski definition) is 13. The standard InChI is InChI=1S/C27H35NO12S/c1-14-8-10-20(11-9-14)41-27(26(34)35-7)12-21(37-17(4)31)23(28-15(2)29)25(40-27)24(39-19(6)33)22(38-18(5)32)13-36-16(3)30/h8-11,21-25H,12-13H2,1-7H3,(H,28,29)/t21-,22+,23+,24+,25+,27?/m0/s1. The number of thioether (sulfide) groups is 1. The number of hydrogen-bond donors (Lipinski definition) is 1. The molecule has 0 aromatic heterocycles. The van der Waals surface area contributed by atoms with Crippen LogP contribution < -0.4 is 5.32 Å². The Balaban J connectivity index is 2.77. The summed E-state index contributed by atoms with van der Waals surface area (Å²) in [6.45, 7) is 6.97. The predicted octanol–water partition coefficient (Wildman–Crippen LogP) is 1.61. The highest BCUT2D eigenvalue weighted by Crippen LogP contribution is 2.46. The quantitative estimate of drug-likeness (QED) is 0.289. The van der Waals surface area contributed by atoms with Crippen LogP contribution in [0.25, 0.3) is 0 Å². The normalized spacial score (nSPS) is 23.2. The van der Waals surface area contributed by atoms with Gasteiger partial charge in [-0.05, 0) is 19.1 Å². The van der Waals surface area contributed by atoms with Crippen LogP contribution in [0.15, 0.2) is 29.2 Å². The van der Waals surface area contributed by atoms with Crippen molar-refractivity contribution in [2.24, 2.45) is 0 Å². The van der Waals surface area contributed by atoms with Gasteiger partial charge in [-0.3, -0.25) is 24.0 Å². The molecule has 0 bridgehead atoms. The van der Waals surface area contributed by atoms with E-state index in [0.717, 1.165) is 52.1 Å². The number of carbonyl (C=O) groups excluding carboxylic acids is 6. The van der Waals surface area contributed by atoms with E-state index in [1.165, 1.54) is 6.92 Å². The highest BCUT2D eigenvalue weighted by molar-refractivity contribution is 8.01. The van der Waals surface area contributed by atoms with Gasteiger partial charge < -0.3 is 33.7 Å². The van der Waals surface area contributed by atoms with Gasteiger partial charge in [0.05, 0.1) is 13.2 Å². The number of aryl methyl sites for hydroxylation is 1. The maximum absolute atomic E-state index is 13.4. The molecule has 1 aliphatic rings. The summed E-state index contributed by atoms with van der Waals surface area (Å²) in [4.78, 5) is 72.5. The molecule has 1 N–H and O–H groups in total. The first-order valence-electron chi connectivity index (χ1n) is 12.6. The Morgan fingerprint density at radius 3 is 2.05 bits per heavy atom. The molecular formula is C27H35NO12S. The van der Waals surface area contributed by atoms with Crippen LogP contribution in [0.3, 0.4) is 0 Å². The van der Waals surface area contributed by atoms with Crippen LogP contribution in [0, 0.1) is 6.92 Å². The van der Waals surface area contributed by atoms with Crippen molar-refractivity contribution in [3.8, 4) is 0 Å². The summed E-state index contributed by atoms with van der Waals surface area (Å²) >= 11 is 0.955. The Kier molecular flexibility index (Phi) is 12.1. The number of esters is 5. The van der Waals surface area contributed by atoms with Crippen molar-refractivity contribution in [3.05, 3.63) is 29.8 Å². The zero-order chi connectivity index (χ0) is 30.9. The molecule has 1 saturated heterocycles. The average Bonchev–Trinajstić information content (AvgIpc) is 2.86. The number of benzene rings is 1. The van der Waals surface area contributed by atoms with Gasteiger partial charge in [-0.2, -0.15) is 0 Å². The number of rotatable bonds is 11. The van der Waals surface area contributed by atoms with Gasteiger partial charge in [-0.15, -0.1) is 0 Å². The van der Waals surface area contributed by atoms with Crippen molar-refractivity contribution < 1.29 is 57.2 Å². The van der Waals surface area contributed by atoms with E-state index >= 15 is 0 Å². The highest BCUT2D eigenvalue weighted by Gasteiger charge is 2.58. The fourth-order valence-corrected chi connectivity index (χ4v) is 5.53. The number of carbonyl (C=O) groups is 6. The Hall–Kier alpha value is -3.65. The fourth-order valence-electron chi connectivity index (χ4n) is 4.30. The van der Waals surface area contributed by atoms with Crippen LogP contribution in [-0.2, 0) is 57.2 Å². The van der Waals surface area contributed by atoms with Crippen LogP contribution in [0.2, 0.25) is 0 Å². The maximum Gasteiger partial charge on any atom is 0.349 e. The van der Waals surface area contributed by atoms with Crippen molar-refractivity contribution in [1.29, 1.82) is 0 Å². The molecule has 1 amide bonds. The predicted molar refractivity (Wildman–Crippen MR) is 142 cm³/mol. The van der Waals surface area contributed by atoms with Crippen molar-refractivity contribution in [2.45, 2.75) is 88.2 Å². The first-order chi connectivity index (χ1) is 19.2. The molecule has 13 nitrogen and oxygen atoms in total. The molecule has 14 heteroatoms. The molecule has 1 aromatic carbocycles. The molecule has 0 aliphatic carbocycles. The molecule has 1 fully saturated rings. The number of ether oxygens (including phenoxy) is 6. The molecule has 6 atom stereocenters. The smallest absolute Gasteiger partial charge is 0.349 e. The Bertz CT molecular complexity index is 1140. The molecule has 41 heavy (non-hydrogen) atoms. The van der Waals surface area contributed by atoms with Crippen LogP contribution in [0.4, 0.5) is 0 Å². The molecule has 1 heterocycles. The minimum Gasteiger partial charge on any atom is -0.466 e. The third-order valence-corrected chi connectivity index (χ3v) is 7.07. The van der Waals surface area contributed by atoms with Gasteiger partial charge in [0.2, 0.25) is 10.8 Å². The van der Waals surface area contributed by atoms with E-state index in [1.54, 1.807) is 12.1 Å². The minimum absolute atomic E-state index is 0.284. The Labute approximate surface area is 241 Å². The lowest BCUT2D eigenvalue weighted by atomic mass is 9.89. The largest absolute Gasteiger partial charge is 0.466 e. The van der Waals surface area contributed by atoms with E-state index in [9.17, 15) is 28.8 Å². The number of nitrogens with one attached hydrogen (secondary N) is 1. The average molecular weight is 598 g/mol. The summed E-state index contributed by atoms with van der Waals surface area (Å²) in [6.07, 6.45) is -5.99. The van der Waals surface area contributed by atoms with Crippen molar-refractivity contribution in [3.63, 3.8) is 0 Å². The van der Waals surface area contributed by atoms with Crippen molar-refractivity contribution >= 4 is 47.5 Å². The maximum atomic E-state index is 13.4. The summed E-state index contributed by atoms with van der Waals surface area (Å²) in [7, 11) is 1.14. The van der Waals surface area contributed by atoms with Crippen LogP contribution in [0.1, 0.15) is 46.6 Å². The lowest BCUT2D eigenvalue weighted by Crippen LogP contribution is -2.68. The summed E-state index contributed by atoms with van der Waals surface area (Å²) in [5.74, 6) is -4.53. The van der Waals surface area contributed by atoms with Gasteiger partial charge in [0.1, 0.15) is 18.8 Å². The molecule has 0 radical (unpaired) electrons. The summed E-state index contributed by atoms with van der Waals surface area (Å²) in [6, 6.07) is 5.90. The molecule has 0 spiro atoms. The SMILES string of the molecule is COC(=O)C1(Sc2ccc(C)cc2)C[C@H](OC(C)=O)[C@@H](NC(C)=O)[C@H]([C@H](OC(C)=O)[C@@H](COC(C)=O)OC(C)=O)O1. The van der Waals surface area contributed by atoms with Gasteiger partial charge in [0, 0.05) is 45.9 Å². The van der Waals surface area contributed by atoms with Gasteiger partial charge >= 0.3 is 29.8 Å². The third-order valence-electron chi connectivity index (χ3n) is 5.80. The summed E-state index contributed by atoms with van der Waals surface area (Å²) < 4.78 is 33.0.